The van der Waals surface area contributed by atoms with Crippen LogP contribution in [0.5, 0.6) is 0 Å². The Morgan fingerprint density at radius 1 is 0.971 bits per heavy atom. The van der Waals surface area contributed by atoms with Crippen LogP contribution in [0.15, 0.2) is 71.6 Å². The van der Waals surface area contributed by atoms with Crippen molar-refractivity contribution in [1.82, 2.24) is 0 Å². The van der Waals surface area contributed by atoms with Crippen molar-refractivity contribution in [3.8, 4) is 0 Å². The molecule has 1 amide bonds. The number of hydrogen-bond donors (Lipinski definition) is 2. The maximum atomic E-state index is 12.7. The number of esters is 1. The smallest absolute Gasteiger partial charge is 0.340 e. The Labute approximate surface area is 195 Å². The third-order valence-corrected chi connectivity index (χ3v) is 6.22. The number of rotatable bonds is 8. The number of non-ortho nitro benzene ring substituents is 1. The van der Waals surface area contributed by atoms with Crippen LogP contribution >= 0.6 is 0 Å². The summed E-state index contributed by atoms with van der Waals surface area (Å²) >= 11 is 0. The van der Waals surface area contributed by atoms with E-state index < -0.39 is 39.1 Å². The standard InChI is InChI=1S/C23H21N3O7S/c1-15-10-11-17(12-16(15)2)24-22(27)14-33-23(28)20-8-3-4-9-21(20)25-34(31,32)19-7-5-6-18(13-19)26(29)30/h3-13,25H,14H2,1-2H3,(H,24,27). The van der Waals surface area contributed by atoms with Crippen LogP contribution in [-0.4, -0.2) is 31.8 Å². The van der Waals surface area contributed by atoms with Crippen LogP contribution in [-0.2, 0) is 19.6 Å². The van der Waals surface area contributed by atoms with Gasteiger partial charge in [0.1, 0.15) is 0 Å². The lowest BCUT2D eigenvalue weighted by Gasteiger charge is -2.12. The van der Waals surface area contributed by atoms with Crippen molar-refractivity contribution in [2.45, 2.75) is 18.7 Å². The largest absolute Gasteiger partial charge is 0.452 e. The van der Waals surface area contributed by atoms with Crippen molar-refractivity contribution in [3.05, 3.63) is 93.5 Å². The van der Waals surface area contributed by atoms with Crippen LogP contribution in [0.25, 0.3) is 0 Å². The summed E-state index contributed by atoms with van der Waals surface area (Å²) in [5.41, 5.74) is 1.97. The first-order valence-electron chi connectivity index (χ1n) is 9.97. The van der Waals surface area contributed by atoms with E-state index in [0.29, 0.717) is 5.69 Å². The summed E-state index contributed by atoms with van der Waals surface area (Å²) < 4.78 is 32.7. The van der Waals surface area contributed by atoms with Gasteiger partial charge in [-0.05, 0) is 55.3 Å². The molecule has 176 valence electrons. The molecular weight excluding hydrogens is 462 g/mol. The molecule has 0 spiro atoms. The number of carbonyl (C=O) groups excluding carboxylic acids is 2. The Hall–Kier alpha value is -4.25. The quantitative estimate of drug-likeness (QED) is 0.281. The Balaban J connectivity index is 1.71. The summed E-state index contributed by atoms with van der Waals surface area (Å²) in [7, 11) is -4.25. The predicted molar refractivity (Wildman–Crippen MR) is 125 cm³/mol. The van der Waals surface area contributed by atoms with Gasteiger partial charge in [-0.3, -0.25) is 19.6 Å². The molecule has 0 unspecified atom stereocenters. The first-order chi connectivity index (χ1) is 16.1. The van der Waals surface area contributed by atoms with Crippen LogP contribution in [0.3, 0.4) is 0 Å². The maximum Gasteiger partial charge on any atom is 0.340 e. The van der Waals surface area contributed by atoms with Crippen LogP contribution in [0, 0.1) is 24.0 Å². The Bertz CT molecular complexity index is 1370. The molecular formula is C23H21N3O7S. The number of nitrogens with zero attached hydrogens (tertiary/aromatic N) is 1. The highest BCUT2D eigenvalue weighted by molar-refractivity contribution is 7.92. The molecule has 0 aliphatic rings. The van der Waals surface area contributed by atoms with Gasteiger partial charge in [-0.1, -0.05) is 24.3 Å². The molecule has 0 aromatic heterocycles. The molecule has 10 nitrogen and oxygen atoms in total. The van der Waals surface area contributed by atoms with Crippen molar-refractivity contribution < 1.29 is 27.7 Å². The molecule has 0 saturated carbocycles. The van der Waals surface area contributed by atoms with Gasteiger partial charge in [0.25, 0.3) is 21.6 Å². The molecule has 0 atom stereocenters. The molecule has 3 aromatic carbocycles. The zero-order valence-corrected chi connectivity index (χ0v) is 19.1. The SMILES string of the molecule is Cc1ccc(NC(=O)COC(=O)c2ccccc2NS(=O)(=O)c2cccc([N+](=O)[O-])c2)cc1C. The Morgan fingerprint density at radius 2 is 1.71 bits per heavy atom. The van der Waals surface area contributed by atoms with Crippen LogP contribution in [0.1, 0.15) is 21.5 Å². The minimum absolute atomic E-state index is 0.103. The van der Waals surface area contributed by atoms with Crippen molar-refractivity contribution in [2.24, 2.45) is 0 Å². The van der Waals surface area contributed by atoms with E-state index in [1.807, 2.05) is 19.9 Å². The van der Waals surface area contributed by atoms with Crippen LogP contribution in [0.4, 0.5) is 17.1 Å². The van der Waals surface area contributed by atoms with Crippen molar-refractivity contribution in [2.75, 3.05) is 16.6 Å². The summed E-state index contributed by atoms with van der Waals surface area (Å²) in [5, 5.41) is 13.6. The third kappa shape index (κ3) is 5.95. The fourth-order valence-corrected chi connectivity index (χ4v) is 4.06. The number of nitro groups is 1. The van der Waals surface area contributed by atoms with Gasteiger partial charge in [-0.25, -0.2) is 13.2 Å². The number of para-hydroxylation sites is 1. The van der Waals surface area contributed by atoms with E-state index in [1.165, 1.54) is 36.4 Å². The number of carbonyl (C=O) groups is 2. The van der Waals surface area contributed by atoms with Gasteiger partial charge >= 0.3 is 5.97 Å². The number of ether oxygens (including phenoxy) is 1. The highest BCUT2D eigenvalue weighted by Crippen LogP contribution is 2.23. The first-order valence-corrected chi connectivity index (χ1v) is 11.5. The van der Waals surface area contributed by atoms with E-state index >= 15 is 0 Å². The molecule has 3 aromatic rings. The summed E-state index contributed by atoms with van der Waals surface area (Å²) in [4.78, 5) is 34.6. The van der Waals surface area contributed by atoms with Gasteiger partial charge in [0.2, 0.25) is 0 Å². The number of nitrogens with one attached hydrogen (secondary N) is 2. The summed E-state index contributed by atoms with van der Waals surface area (Å²) in [6.45, 7) is 3.25. The minimum Gasteiger partial charge on any atom is -0.452 e. The topological polar surface area (TPSA) is 145 Å². The fourth-order valence-electron chi connectivity index (χ4n) is 2.94. The second-order valence-corrected chi connectivity index (χ2v) is 9.01. The number of hydrogen-bond acceptors (Lipinski definition) is 7. The summed E-state index contributed by atoms with van der Waals surface area (Å²) in [6.07, 6.45) is 0. The van der Waals surface area contributed by atoms with Gasteiger partial charge in [-0.15, -0.1) is 0 Å². The number of anilines is 2. The average Bonchev–Trinajstić information content (AvgIpc) is 2.80. The molecule has 2 N–H and O–H groups in total. The number of aryl methyl sites for hydroxylation is 2. The third-order valence-electron chi connectivity index (χ3n) is 4.86. The van der Waals surface area contributed by atoms with Crippen molar-refractivity contribution in [3.63, 3.8) is 0 Å². The molecule has 0 saturated heterocycles. The first kappa shape index (κ1) is 24.4. The maximum absolute atomic E-state index is 12.7. The second-order valence-electron chi connectivity index (χ2n) is 7.33. The number of benzene rings is 3. The summed E-state index contributed by atoms with van der Waals surface area (Å²) in [5.74, 6) is -1.49. The molecule has 0 fully saturated rings. The summed E-state index contributed by atoms with van der Waals surface area (Å²) in [6, 6.07) is 15.5. The molecule has 0 heterocycles. The Morgan fingerprint density at radius 3 is 2.41 bits per heavy atom. The monoisotopic (exact) mass is 483 g/mol. The molecule has 3 rings (SSSR count). The van der Waals surface area contributed by atoms with E-state index in [4.69, 9.17) is 4.74 Å². The van der Waals surface area contributed by atoms with Crippen molar-refractivity contribution in [1.29, 1.82) is 0 Å². The highest BCUT2D eigenvalue weighted by Gasteiger charge is 2.21. The van der Waals surface area contributed by atoms with Gasteiger partial charge in [0.05, 0.1) is 21.1 Å². The highest BCUT2D eigenvalue weighted by atomic mass is 32.2. The zero-order valence-electron chi connectivity index (χ0n) is 18.3. The van der Waals surface area contributed by atoms with Gasteiger partial charge in [0.15, 0.2) is 6.61 Å². The number of nitro benzene ring substituents is 1. The van der Waals surface area contributed by atoms with Gasteiger partial charge < -0.3 is 10.1 Å². The lowest BCUT2D eigenvalue weighted by Crippen LogP contribution is -2.22. The Kier molecular flexibility index (Phi) is 7.27. The molecule has 11 heteroatoms. The predicted octanol–water partition coefficient (Wildman–Crippen LogP) is 3.81. The van der Waals surface area contributed by atoms with Gasteiger partial charge in [0, 0.05) is 17.8 Å². The minimum atomic E-state index is -4.25. The number of amides is 1. The van der Waals surface area contributed by atoms with E-state index in [2.05, 4.69) is 10.0 Å². The molecule has 0 aliphatic heterocycles. The molecule has 0 bridgehead atoms. The van der Waals surface area contributed by atoms with E-state index in [1.54, 1.807) is 12.1 Å². The van der Waals surface area contributed by atoms with Gasteiger partial charge in [-0.2, -0.15) is 0 Å². The van der Waals surface area contributed by atoms with Crippen LogP contribution < -0.4 is 10.0 Å². The van der Waals surface area contributed by atoms with E-state index in [9.17, 15) is 28.1 Å². The average molecular weight is 484 g/mol. The lowest BCUT2D eigenvalue weighted by atomic mass is 10.1. The van der Waals surface area contributed by atoms with E-state index in [0.717, 1.165) is 23.3 Å². The lowest BCUT2D eigenvalue weighted by molar-refractivity contribution is -0.385. The van der Waals surface area contributed by atoms with E-state index in [-0.39, 0.29) is 16.1 Å². The molecule has 0 radical (unpaired) electrons. The molecule has 34 heavy (non-hydrogen) atoms. The zero-order chi connectivity index (χ0) is 24.9. The second kappa shape index (κ2) is 10.1. The molecule has 0 aliphatic carbocycles. The van der Waals surface area contributed by atoms with Crippen LogP contribution in [0.2, 0.25) is 0 Å². The normalized spacial score (nSPS) is 10.9. The fraction of sp³-hybridized carbons (Fsp3) is 0.130. The number of sulfonamides is 1. The van der Waals surface area contributed by atoms with Crippen molar-refractivity contribution >= 4 is 39.0 Å².